The van der Waals surface area contributed by atoms with Gasteiger partial charge >= 0.3 is 5.69 Å². The average molecular weight is 360 g/mol. The van der Waals surface area contributed by atoms with Crippen molar-refractivity contribution in [2.45, 2.75) is 71.9 Å². The smallest absolute Gasteiger partial charge is 0.312 e. The van der Waals surface area contributed by atoms with E-state index in [1.165, 1.54) is 43.2 Å². The number of nitrogens with one attached hydrogen (secondary N) is 1. The minimum Gasteiger partial charge on any atom is -0.351 e. The van der Waals surface area contributed by atoms with Gasteiger partial charge in [-0.3, -0.25) is 19.6 Å². The maximum absolute atomic E-state index is 12.6. The molecular formula is C19H28N4O3. The third-order valence-corrected chi connectivity index (χ3v) is 7.20. The van der Waals surface area contributed by atoms with Crippen LogP contribution in [-0.4, -0.2) is 26.7 Å². The van der Waals surface area contributed by atoms with E-state index in [1.54, 1.807) is 13.8 Å². The predicted octanol–water partition coefficient (Wildman–Crippen LogP) is 3.13. The number of hydrogen-bond acceptors (Lipinski definition) is 4. The number of nitrogens with zero attached hydrogens (tertiary/aromatic N) is 3. The van der Waals surface area contributed by atoms with Crippen molar-refractivity contribution < 1.29 is 9.72 Å². The number of carbonyl (C=O) groups is 1. The molecule has 7 nitrogen and oxygen atoms in total. The van der Waals surface area contributed by atoms with Crippen LogP contribution in [-0.2, 0) is 11.3 Å². The Hall–Kier alpha value is -1.92. The van der Waals surface area contributed by atoms with Crippen LogP contribution in [0, 0.1) is 47.1 Å². The third kappa shape index (κ3) is 2.81. The molecule has 4 aliphatic rings. The molecule has 4 fully saturated rings. The Bertz CT molecular complexity index is 719. The first kappa shape index (κ1) is 17.5. The van der Waals surface area contributed by atoms with Gasteiger partial charge < -0.3 is 5.32 Å². The van der Waals surface area contributed by atoms with Crippen molar-refractivity contribution in [2.24, 2.45) is 23.2 Å². The number of nitro groups is 1. The van der Waals surface area contributed by atoms with Gasteiger partial charge in [0.2, 0.25) is 5.91 Å². The van der Waals surface area contributed by atoms with E-state index in [2.05, 4.69) is 17.3 Å². The van der Waals surface area contributed by atoms with E-state index in [-0.39, 0.29) is 29.6 Å². The van der Waals surface area contributed by atoms with E-state index in [0.29, 0.717) is 11.4 Å². The molecule has 0 radical (unpaired) electrons. The summed E-state index contributed by atoms with van der Waals surface area (Å²) >= 11 is 0. The highest BCUT2D eigenvalue weighted by molar-refractivity contribution is 5.76. The van der Waals surface area contributed by atoms with Crippen molar-refractivity contribution in [3.05, 3.63) is 21.5 Å². The highest BCUT2D eigenvalue weighted by atomic mass is 16.6. The number of aromatic nitrogens is 2. The van der Waals surface area contributed by atoms with E-state index in [1.807, 2.05) is 0 Å². The number of amides is 1. The maximum Gasteiger partial charge on any atom is 0.312 e. The zero-order valence-electron chi connectivity index (χ0n) is 15.8. The summed E-state index contributed by atoms with van der Waals surface area (Å²) < 4.78 is 1.45. The van der Waals surface area contributed by atoms with Crippen molar-refractivity contribution in [1.82, 2.24) is 15.1 Å². The summed E-state index contributed by atoms with van der Waals surface area (Å²) in [6, 6.07) is 0.148. The van der Waals surface area contributed by atoms with Gasteiger partial charge in [0.1, 0.15) is 17.9 Å². The van der Waals surface area contributed by atoms with Gasteiger partial charge in [0.05, 0.1) is 4.92 Å². The molecule has 0 aromatic carbocycles. The molecule has 0 saturated heterocycles. The first-order valence-corrected chi connectivity index (χ1v) is 9.75. The Balaban J connectivity index is 1.44. The van der Waals surface area contributed by atoms with Crippen LogP contribution >= 0.6 is 0 Å². The normalized spacial score (nSPS) is 33.3. The van der Waals surface area contributed by atoms with Crippen molar-refractivity contribution in [2.75, 3.05) is 0 Å². The van der Waals surface area contributed by atoms with Crippen LogP contribution in [0.2, 0.25) is 0 Å². The minimum atomic E-state index is -0.426. The number of rotatable bonds is 5. The SMILES string of the molecule is Cc1nn(CC(=O)NC(C)C23CC4CC(CC(C4)C2)C3)c(C)c1[N+](=O)[O-]. The lowest BCUT2D eigenvalue weighted by molar-refractivity contribution is -0.386. The van der Waals surface area contributed by atoms with Gasteiger partial charge in [-0.1, -0.05) is 0 Å². The van der Waals surface area contributed by atoms with Crippen LogP contribution < -0.4 is 5.32 Å². The van der Waals surface area contributed by atoms with E-state index in [0.717, 1.165) is 17.8 Å². The van der Waals surface area contributed by atoms with Crippen molar-refractivity contribution >= 4 is 11.6 Å². The van der Waals surface area contributed by atoms with E-state index < -0.39 is 4.92 Å². The van der Waals surface area contributed by atoms with Gasteiger partial charge in [-0.2, -0.15) is 5.10 Å². The summed E-state index contributed by atoms with van der Waals surface area (Å²) in [5.74, 6) is 2.44. The summed E-state index contributed by atoms with van der Waals surface area (Å²) in [4.78, 5) is 23.3. The monoisotopic (exact) mass is 360 g/mol. The molecule has 4 aliphatic carbocycles. The van der Waals surface area contributed by atoms with Crippen molar-refractivity contribution in [3.8, 4) is 0 Å². The van der Waals surface area contributed by atoms with Crippen LogP contribution in [0.1, 0.15) is 56.8 Å². The standard InChI is InChI=1S/C19H28N4O3/c1-11-18(23(25)26)12(2)22(21-11)10-17(24)20-13(3)19-7-14-4-15(8-19)6-16(5-14)9-19/h13-16H,4-10H2,1-3H3,(H,20,24). The first-order valence-electron chi connectivity index (χ1n) is 9.75. The zero-order valence-corrected chi connectivity index (χ0v) is 15.8. The van der Waals surface area contributed by atoms with Gasteiger partial charge in [0, 0.05) is 6.04 Å². The molecule has 7 heteroatoms. The molecule has 4 bridgehead atoms. The summed E-state index contributed by atoms with van der Waals surface area (Å²) in [6.45, 7) is 5.44. The second kappa shape index (κ2) is 6.06. The summed E-state index contributed by atoms with van der Waals surface area (Å²) in [6.07, 6.45) is 7.88. The molecule has 0 aliphatic heterocycles. The van der Waals surface area contributed by atoms with Crippen molar-refractivity contribution in [3.63, 3.8) is 0 Å². The van der Waals surface area contributed by atoms with E-state index in [9.17, 15) is 14.9 Å². The molecule has 4 saturated carbocycles. The Morgan fingerprint density at radius 1 is 1.27 bits per heavy atom. The van der Waals surface area contributed by atoms with Crippen LogP contribution in [0.25, 0.3) is 0 Å². The first-order chi connectivity index (χ1) is 12.3. The minimum absolute atomic E-state index is 0.00642. The molecule has 1 atom stereocenters. The molecule has 5 rings (SSSR count). The Morgan fingerprint density at radius 2 is 1.81 bits per heavy atom. The maximum atomic E-state index is 12.6. The largest absolute Gasteiger partial charge is 0.351 e. The van der Waals surface area contributed by atoms with E-state index in [4.69, 9.17) is 0 Å². The molecule has 0 spiro atoms. The molecule has 1 aromatic rings. The quantitative estimate of drug-likeness (QED) is 0.645. The topological polar surface area (TPSA) is 90.1 Å². The lowest BCUT2D eigenvalue weighted by Gasteiger charge is -2.59. The van der Waals surface area contributed by atoms with Gasteiger partial charge in [0.15, 0.2) is 0 Å². The second-order valence-electron chi connectivity index (χ2n) is 9.00. The molecule has 1 unspecified atom stereocenters. The molecule has 142 valence electrons. The van der Waals surface area contributed by atoms with Crippen LogP contribution in [0.3, 0.4) is 0 Å². The highest BCUT2D eigenvalue weighted by Crippen LogP contribution is 2.61. The molecule has 1 aromatic heterocycles. The predicted molar refractivity (Wildman–Crippen MR) is 96.6 cm³/mol. The van der Waals surface area contributed by atoms with Crippen LogP contribution in [0.5, 0.6) is 0 Å². The summed E-state index contributed by atoms with van der Waals surface area (Å²) in [5.41, 5.74) is 1.05. The summed E-state index contributed by atoms with van der Waals surface area (Å²) in [5, 5.41) is 18.5. The van der Waals surface area contributed by atoms with Gasteiger partial charge in [0.25, 0.3) is 0 Å². The Kier molecular flexibility index (Phi) is 4.08. The summed E-state index contributed by atoms with van der Waals surface area (Å²) in [7, 11) is 0. The van der Waals surface area contributed by atoms with Crippen LogP contribution in [0.4, 0.5) is 5.69 Å². The van der Waals surface area contributed by atoms with Gasteiger partial charge in [-0.25, -0.2) is 0 Å². The lowest BCUT2D eigenvalue weighted by atomic mass is 9.48. The lowest BCUT2D eigenvalue weighted by Crippen LogP contribution is -2.56. The molecular weight excluding hydrogens is 332 g/mol. The number of carbonyl (C=O) groups excluding carboxylic acids is 1. The fraction of sp³-hybridized carbons (Fsp3) is 0.789. The second-order valence-corrected chi connectivity index (χ2v) is 9.00. The fourth-order valence-electron chi connectivity index (χ4n) is 6.39. The van der Waals surface area contributed by atoms with Crippen LogP contribution in [0.15, 0.2) is 0 Å². The molecule has 26 heavy (non-hydrogen) atoms. The highest BCUT2D eigenvalue weighted by Gasteiger charge is 2.53. The third-order valence-electron chi connectivity index (χ3n) is 7.20. The van der Waals surface area contributed by atoms with Crippen molar-refractivity contribution in [1.29, 1.82) is 0 Å². The van der Waals surface area contributed by atoms with Gasteiger partial charge in [-0.15, -0.1) is 0 Å². The van der Waals surface area contributed by atoms with E-state index >= 15 is 0 Å². The fourth-order valence-corrected chi connectivity index (χ4v) is 6.39. The Morgan fingerprint density at radius 3 is 2.27 bits per heavy atom. The number of aryl methyl sites for hydroxylation is 1. The Labute approximate surface area is 153 Å². The number of hydrogen-bond donors (Lipinski definition) is 1. The zero-order chi connectivity index (χ0) is 18.6. The molecule has 1 heterocycles. The molecule has 1 amide bonds. The average Bonchev–Trinajstić information content (AvgIpc) is 2.79. The molecule has 1 N–H and O–H groups in total. The van der Waals surface area contributed by atoms with Gasteiger partial charge in [-0.05, 0) is 82.5 Å².